The van der Waals surface area contributed by atoms with Crippen molar-refractivity contribution in [2.45, 2.75) is 44.6 Å². The molecule has 0 atom stereocenters. The summed E-state index contributed by atoms with van der Waals surface area (Å²) in [7, 11) is 0. The van der Waals surface area contributed by atoms with Gasteiger partial charge in [0.2, 0.25) is 0 Å². The van der Waals surface area contributed by atoms with Gasteiger partial charge in [-0.05, 0) is 31.1 Å². The highest BCUT2D eigenvalue weighted by molar-refractivity contribution is 5.33. The highest BCUT2D eigenvalue weighted by atomic mass is 19.3. The Kier molecular flexibility index (Phi) is 3.36. The Morgan fingerprint density at radius 1 is 1.25 bits per heavy atom. The van der Waals surface area contributed by atoms with E-state index >= 15 is 0 Å². The van der Waals surface area contributed by atoms with E-state index in [2.05, 4.69) is 20.6 Å². The molecular weight excluding hydrogens is 262 g/mol. The fraction of sp³-hybridized carbons (Fsp3) is 0.714. The molecule has 1 aliphatic heterocycles. The zero-order valence-corrected chi connectivity index (χ0v) is 11.6. The monoisotopic (exact) mass is 282 g/mol. The minimum Gasteiger partial charge on any atom is -0.366 e. The fourth-order valence-corrected chi connectivity index (χ4v) is 3.05. The van der Waals surface area contributed by atoms with Crippen molar-refractivity contribution in [1.29, 1.82) is 0 Å². The number of rotatable bonds is 3. The summed E-state index contributed by atoms with van der Waals surface area (Å²) in [6.45, 7) is 3.11. The first kappa shape index (κ1) is 13.7. The molecule has 0 radical (unpaired) electrons. The van der Waals surface area contributed by atoms with E-state index in [0.717, 1.165) is 39.1 Å². The average molecular weight is 282 g/mol. The molecule has 1 saturated heterocycles. The van der Waals surface area contributed by atoms with Crippen LogP contribution in [-0.2, 0) is 5.92 Å². The van der Waals surface area contributed by atoms with Crippen molar-refractivity contribution in [2.75, 3.05) is 18.4 Å². The van der Waals surface area contributed by atoms with Crippen LogP contribution in [-0.4, -0.2) is 29.1 Å². The van der Waals surface area contributed by atoms with E-state index < -0.39 is 5.92 Å². The molecule has 6 heteroatoms. The normalized spacial score (nSPS) is 22.6. The van der Waals surface area contributed by atoms with Gasteiger partial charge in [-0.3, -0.25) is 0 Å². The third-order valence-electron chi connectivity index (χ3n) is 4.50. The van der Waals surface area contributed by atoms with Gasteiger partial charge in [-0.2, -0.15) is 8.78 Å². The first-order valence-corrected chi connectivity index (χ1v) is 7.15. The van der Waals surface area contributed by atoms with Gasteiger partial charge in [0.25, 0.3) is 5.92 Å². The maximum absolute atomic E-state index is 13.0. The summed E-state index contributed by atoms with van der Waals surface area (Å²) in [5, 5.41) is 6.65. The SMILES string of the molecule is CC(F)(F)c1cnc(NC2CCC3(CC2)CNC3)cn1. The second kappa shape index (κ2) is 4.91. The average Bonchev–Trinajstić information content (AvgIpc) is 2.37. The largest absolute Gasteiger partial charge is 0.366 e. The molecule has 0 unspecified atom stereocenters. The fourth-order valence-electron chi connectivity index (χ4n) is 3.05. The lowest BCUT2D eigenvalue weighted by Gasteiger charge is -2.47. The predicted octanol–water partition coefficient (Wildman–Crippen LogP) is 2.53. The van der Waals surface area contributed by atoms with E-state index in [4.69, 9.17) is 0 Å². The number of halogens is 2. The van der Waals surface area contributed by atoms with E-state index in [9.17, 15) is 8.78 Å². The molecule has 1 aromatic heterocycles. The van der Waals surface area contributed by atoms with Crippen LogP contribution < -0.4 is 10.6 Å². The summed E-state index contributed by atoms with van der Waals surface area (Å²) in [6, 6.07) is 0.378. The topological polar surface area (TPSA) is 49.8 Å². The molecule has 1 aliphatic carbocycles. The molecule has 3 rings (SSSR count). The molecule has 2 N–H and O–H groups in total. The van der Waals surface area contributed by atoms with Crippen LogP contribution in [0.2, 0.25) is 0 Å². The minimum atomic E-state index is -2.93. The highest BCUT2D eigenvalue weighted by Crippen LogP contribution is 2.39. The Morgan fingerprint density at radius 2 is 1.95 bits per heavy atom. The van der Waals surface area contributed by atoms with Crippen LogP contribution in [0.4, 0.5) is 14.6 Å². The zero-order valence-electron chi connectivity index (χ0n) is 11.6. The van der Waals surface area contributed by atoms with Crippen molar-refractivity contribution in [1.82, 2.24) is 15.3 Å². The van der Waals surface area contributed by atoms with Crippen LogP contribution in [0.25, 0.3) is 0 Å². The first-order chi connectivity index (χ1) is 9.47. The van der Waals surface area contributed by atoms with E-state index in [1.165, 1.54) is 19.0 Å². The van der Waals surface area contributed by atoms with Crippen molar-refractivity contribution < 1.29 is 8.78 Å². The van der Waals surface area contributed by atoms with Gasteiger partial charge < -0.3 is 10.6 Å². The van der Waals surface area contributed by atoms with Gasteiger partial charge >= 0.3 is 0 Å². The molecular formula is C14H20F2N4. The van der Waals surface area contributed by atoms with Crippen LogP contribution in [0.1, 0.15) is 38.3 Å². The maximum atomic E-state index is 13.0. The molecule has 0 amide bonds. The second-order valence-corrected chi connectivity index (χ2v) is 6.20. The Morgan fingerprint density at radius 3 is 2.40 bits per heavy atom. The molecule has 4 nitrogen and oxygen atoms in total. The summed E-state index contributed by atoms with van der Waals surface area (Å²) < 4.78 is 26.1. The zero-order chi connectivity index (χ0) is 14.2. The lowest BCUT2D eigenvalue weighted by atomic mass is 9.68. The third-order valence-corrected chi connectivity index (χ3v) is 4.50. The molecule has 2 fully saturated rings. The van der Waals surface area contributed by atoms with E-state index in [1.54, 1.807) is 0 Å². The molecule has 2 aliphatic rings. The van der Waals surface area contributed by atoms with Crippen molar-refractivity contribution in [3.8, 4) is 0 Å². The smallest absolute Gasteiger partial charge is 0.288 e. The summed E-state index contributed by atoms with van der Waals surface area (Å²) in [5.41, 5.74) is 0.240. The van der Waals surface area contributed by atoms with E-state index in [-0.39, 0.29) is 5.69 Å². The lowest BCUT2D eigenvalue weighted by molar-refractivity contribution is 0.0124. The van der Waals surface area contributed by atoms with Crippen LogP contribution in [0.3, 0.4) is 0 Å². The van der Waals surface area contributed by atoms with Gasteiger partial charge in [0.05, 0.1) is 12.4 Å². The number of hydrogen-bond acceptors (Lipinski definition) is 4. The minimum absolute atomic E-state index is 0.286. The van der Waals surface area contributed by atoms with Gasteiger partial charge in [-0.1, -0.05) is 0 Å². The first-order valence-electron chi connectivity index (χ1n) is 7.15. The quantitative estimate of drug-likeness (QED) is 0.894. The molecule has 0 aromatic carbocycles. The molecule has 1 spiro atoms. The maximum Gasteiger partial charge on any atom is 0.288 e. The molecule has 0 bridgehead atoms. The van der Waals surface area contributed by atoms with Gasteiger partial charge in [-0.25, -0.2) is 9.97 Å². The highest BCUT2D eigenvalue weighted by Gasteiger charge is 2.40. The van der Waals surface area contributed by atoms with Crippen LogP contribution in [0.5, 0.6) is 0 Å². The van der Waals surface area contributed by atoms with Crippen molar-refractivity contribution in [3.63, 3.8) is 0 Å². The number of alkyl halides is 2. The molecule has 2 heterocycles. The molecule has 110 valence electrons. The summed E-state index contributed by atoms with van der Waals surface area (Å²) in [5.74, 6) is -2.34. The number of nitrogens with one attached hydrogen (secondary N) is 2. The molecule has 1 aromatic rings. The van der Waals surface area contributed by atoms with Crippen LogP contribution >= 0.6 is 0 Å². The standard InChI is InChI=1S/C14H20F2N4/c1-13(15,16)11-6-19-12(7-18-11)20-10-2-4-14(5-3-10)8-17-9-14/h6-7,10,17H,2-5,8-9H2,1H3,(H,19,20). The van der Waals surface area contributed by atoms with Crippen LogP contribution in [0, 0.1) is 5.41 Å². The molecule has 1 saturated carbocycles. The van der Waals surface area contributed by atoms with Crippen molar-refractivity contribution in [3.05, 3.63) is 18.1 Å². The van der Waals surface area contributed by atoms with E-state index in [1.807, 2.05) is 0 Å². The molecule has 20 heavy (non-hydrogen) atoms. The predicted molar refractivity (Wildman–Crippen MR) is 72.8 cm³/mol. The number of nitrogens with zero attached hydrogens (tertiary/aromatic N) is 2. The van der Waals surface area contributed by atoms with Gasteiger partial charge in [0.15, 0.2) is 0 Å². The van der Waals surface area contributed by atoms with E-state index in [0.29, 0.717) is 17.3 Å². The Labute approximate surface area is 117 Å². The summed E-state index contributed by atoms with van der Waals surface area (Å²) in [4.78, 5) is 7.83. The Balaban J connectivity index is 1.56. The second-order valence-electron chi connectivity index (χ2n) is 6.20. The third kappa shape index (κ3) is 2.75. The van der Waals surface area contributed by atoms with Gasteiger partial charge in [0, 0.05) is 26.1 Å². The number of aromatic nitrogens is 2. The van der Waals surface area contributed by atoms with Crippen molar-refractivity contribution in [2.24, 2.45) is 5.41 Å². The Bertz CT molecular complexity index is 455. The van der Waals surface area contributed by atoms with Gasteiger partial charge in [0.1, 0.15) is 11.5 Å². The summed E-state index contributed by atoms with van der Waals surface area (Å²) >= 11 is 0. The van der Waals surface area contributed by atoms with Crippen LogP contribution in [0.15, 0.2) is 12.4 Å². The number of anilines is 1. The van der Waals surface area contributed by atoms with Crippen molar-refractivity contribution >= 4 is 5.82 Å². The number of hydrogen-bond donors (Lipinski definition) is 2. The Hall–Kier alpha value is -1.30. The van der Waals surface area contributed by atoms with Gasteiger partial charge in [-0.15, -0.1) is 0 Å². The lowest BCUT2D eigenvalue weighted by Crippen LogP contribution is -2.55. The summed E-state index contributed by atoms with van der Waals surface area (Å²) in [6.07, 6.45) is 7.21.